The Kier molecular flexibility index (Phi) is 7.90. The van der Waals surface area contributed by atoms with Gasteiger partial charge in [0, 0.05) is 6.04 Å². The molecule has 29 heavy (non-hydrogen) atoms. The van der Waals surface area contributed by atoms with Gasteiger partial charge in [-0.2, -0.15) is 0 Å². The highest BCUT2D eigenvalue weighted by Crippen LogP contribution is 2.30. The average molecular weight is 404 g/mol. The van der Waals surface area contributed by atoms with Gasteiger partial charge in [0.15, 0.2) is 5.78 Å². The van der Waals surface area contributed by atoms with E-state index in [1.165, 1.54) is 42.4 Å². The summed E-state index contributed by atoms with van der Waals surface area (Å²) in [5, 5.41) is 2.64. The smallest absolute Gasteiger partial charge is 0.407 e. The van der Waals surface area contributed by atoms with E-state index in [4.69, 9.17) is 4.74 Å². The number of piperidine rings is 1. The highest BCUT2D eigenvalue weighted by atomic mass is 16.5. The minimum absolute atomic E-state index is 0.0480. The van der Waals surface area contributed by atoms with Crippen molar-refractivity contribution in [3.05, 3.63) is 22.8 Å². The fourth-order valence-corrected chi connectivity index (χ4v) is 4.92. The van der Waals surface area contributed by atoms with E-state index in [9.17, 15) is 9.59 Å². The zero-order chi connectivity index (χ0) is 20.8. The van der Waals surface area contributed by atoms with Crippen LogP contribution < -0.4 is 5.32 Å². The van der Waals surface area contributed by atoms with E-state index < -0.39 is 6.09 Å². The number of amides is 1. The number of hydrogen-bond donors (Lipinski definition) is 1. The van der Waals surface area contributed by atoms with Crippen LogP contribution in [0.4, 0.5) is 4.79 Å². The Balaban J connectivity index is 1.38. The molecule has 3 rings (SSSR count). The number of hydrogen-bond acceptors (Lipinski definition) is 5. The zero-order valence-electron chi connectivity index (χ0n) is 18.3. The molecule has 3 aliphatic rings. The van der Waals surface area contributed by atoms with Crippen molar-refractivity contribution in [1.29, 1.82) is 0 Å². The van der Waals surface area contributed by atoms with Gasteiger partial charge in [0.25, 0.3) is 0 Å². The number of nitrogens with zero attached hydrogens (tertiary/aromatic N) is 2. The van der Waals surface area contributed by atoms with Crippen LogP contribution in [0.5, 0.6) is 0 Å². The summed E-state index contributed by atoms with van der Waals surface area (Å²) in [6.45, 7) is 8.25. The molecule has 2 heterocycles. The number of allylic oxidation sites excluding steroid dienone is 3. The molecular weight excluding hydrogens is 366 g/mol. The minimum Gasteiger partial charge on any atom is -0.445 e. The summed E-state index contributed by atoms with van der Waals surface area (Å²) >= 11 is 0. The number of nitrogens with one attached hydrogen (secondary N) is 1. The maximum Gasteiger partial charge on any atom is 0.407 e. The van der Waals surface area contributed by atoms with E-state index in [0.29, 0.717) is 25.1 Å². The number of carbonyl (C=O) groups excluding carboxylic acids is 2. The molecule has 6 nitrogen and oxygen atoms in total. The van der Waals surface area contributed by atoms with Crippen LogP contribution in [-0.4, -0.2) is 74.1 Å². The van der Waals surface area contributed by atoms with Crippen LogP contribution in [-0.2, 0) is 9.53 Å². The van der Waals surface area contributed by atoms with Crippen LogP contribution in [0.3, 0.4) is 0 Å². The first-order chi connectivity index (χ1) is 13.9. The Morgan fingerprint density at radius 1 is 1.17 bits per heavy atom. The van der Waals surface area contributed by atoms with Gasteiger partial charge in [0.2, 0.25) is 0 Å². The predicted octanol–water partition coefficient (Wildman–Crippen LogP) is 3.14. The predicted molar refractivity (Wildman–Crippen MR) is 115 cm³/mol. The number of rotatable bonds is 7. The number of likely N-dealkylation sites (tertiary alicyclic amines) is 2. The Morgan fingerprint density at radius 2 is 1.93 bits per heavy atom. The third-order valence-electron chi connectivity index (χ3n) is 6.93. The molecule has 1 amide bonds. The lowest BCUT2D eigenvalue weighted by Gasteiger charge is -2.36. The van der Waals surface area contributed by atoms with E-state index >= 15 is 0 Å². The molecule has 0 aromatic carbocycles. The highest BCUT2D eigenvalue weighted by molar-refractivity contribution is 5.85. The SMILES string of the molecule is CC1=CCCC(COC(=O)NCC(=O)CN2CCCC2C2CCN(C)CC2)=C1C. The average Bonchev–Trinajstić information content (AvgIpc) is 3.16. The second kappa shape index (κ2) is 10.4. The summed E-state index contributed by atoms with van der Waals surface area (Å²) in [4.78, 5) is 29.2. The molecule has 1 unspecified atom stereocenters. The van der Waals surface area contributed by atoms with Crippen LogP contribution >= 0.6 is 0 Å². The quantitative estimate of drug-likeness (QED) is 0.708. The standard InChI is InChI=1S/C23H37N3O3/c1-17-6-4-7-20(18(17)2)16-29-23(28)24-14-21(27)15-26-11-5-8-22(26)19-9-12-25(3)13-10-19/h6,19,22H,4-5,7-16H2,1-3H3,(H,24,28). The van der Waals surface area contributed by atoms with Gasteiger partial charge < -0.3 is 15.0 Å². The number of ether oxygens (including phenoxy) is 1. The zero-order valence-corrected chi connectivity index (χ0v) is 18.3. The van der Waals surface area contributed by atoms with E-state index in [1.54, 1.807) is 0 Å². The Hall–Kier alpha value is -1.66. The molecule has 2 fully saturated rings. The summed E-state index contributed by atoms with van der Waals surface area (Å²) in [7, 11) is 2.18. The monoisotopic (exact) mass is 403 g/mol. The minimum atomic E-state index is -0.501. The Labute approximate surface area is 175 Å². The first kappa shape index (κ1) is 22.0. The third kappa shape index (κ3) is 6.16. The number of ketones is 1. The normalized spacial score (nSPS) is 24.5. The van der Waals surface area contributed by atoms with E-state index in [1.807, 2.05) is 0 Å². The van der Waals surface area contributed by atoms with Gasteiger partial charge in [0.05, 0.1) is 13.1 Å². The maximum atomic E-state index is 12.4. The van der Waals surface area contributed by atoms with Crippen LogP contribution in [0, 0.1) is 5.92 Å². The lowest BCUT2D eigenvalue weighted by atomic mass is 9.88. The van der Waals surface area contributed by atoms with Crippen molar-refractivity contribution in [1.82, 2.24) is 15.1 Å². The van der Waals surface area contributed by atoms with Gasteiger partial charge in [-0.05, 0) is 96.1 Å². The molecule has 0 spiro atoms. The molecule has 0 bridgehead atoms. The van der Waals surface area contributed by atoms with Crippen LogP contribution in [0.25, 0.3) is 0 Å². The second-order valence-corrected chi connectivity index (χ2v) is 8.94. The van der Waals surface area contributed by atoms with Gasteiger partial charge in [-0.25, -0.2) is 4.79 Å². The largest absolute Gasteiger partial charge is 0.445 e. The van der Waals surface area contributed by atoms with Gasteiger partial charge in [0.1, 0.15) is 6.61 Å². The first-order valence-corrected chi connectivity index (χ1v) is 11.1. The Bertz CT molecular complexity index is 662. The summed E-state index contributed by atoms with van der Waals surface area (Å²) < 4.78 is 5.34. The molecule has 162 valence electrons. The van der Waals surface area contributed by atoms with Crippen molar-refractivity contribution in [3.8, 4) is 0 Å². The molecule has 1 aliphatic carbocycles. The number of Topliss-reactive ketones (excluding diaryl/α,β-unsaturated/α-hetero) is 1. The molecule has 0 radical (unpaired) electrons. The van der Waals surface area contributed by atoms with Gasteiger partial charge in [-0.15, -0.1) is 0 Å². The van der Waals surface area contributed by atoms with Crippen molar-refractivity contribution in [2.24, 2.45) is 5.92 Å². The molecule has 2 aliphatic heterocycles. The van der Waals surface area contributed by atoms with Crippen LogP contribution in [0.2, 0.25) is 0 Å². The van der Waals surface area contributed by atoms with Crippen molar-refractivity contribution in [2.45, 2.75) is 58.4 Å². The van der Waals surface area contributed by atoms with Crippen molar-refractivity contribution in [3.63, 3.8) is 0 Å². The fraction of sp³-hybridized carbons (Fsp3) is 0.739. The summed E-state index contributed by atoms with van der Waals surface area (Å²) in [5.41, 5.74) is 3.65. The molecule has 0 saturated carbocycles. The molecule has 0 aromatic rings. The van der Waals surface area contributed by atoms with Crippen molar-refractivity contribution < 1.29 is 14.3 Å². The summed E-state index contributed by atoms with van der Waals surface area (Å²) in [6.07, 6.45) is 8.45. The van der Waals surface area contributed by atoms with Gasteiger partial charge >= 0.3 is 6.09 Å². The van der Waals surface area contributed by atoms with Crippen LogP contribution in [0.15, 0.2) is 22.8 Å². The lowest BCUT2D eigenvalue weighted by molar-refractivity contribution is -0.119. The Morgan fingerprint density at radius 3 is 2.69 bits per heavy atom. The summed E-state index contributed by atoms with van der Waals surface area (Å²) in [6, 6.07) is 0.525. The van der Waals surface area contributed by atoms with E-state index in [-0.39, 0.29) is 12.3 Å². The lowest BCUT2D eigenvalue weighted by Crippen LogP contribution is -2.45. The van der Waals surface area contributed by atoms with E-state index in [2.05, 4.69) is 42.1 Å². The molecule has 2 saturated heterocycles. The third-order valence-corrected chi connectivity index (χ3v) is 6.93. The molecule has 1 atom stereocenters. The summed E-state index contributed by atoms with van der Waals surface area (Å²) in [5.74, 6) is 0.762. The van der Waals surface area contributed by atoms with Gasteiger partial charge in [-0.3, -0.25) is 9.69 Å². The molecular formula is C23H37N3O3. The topological polar surface area (TPSA) is 61.9 Å². The first-order valence-electron chi connectivity index (χ1n) is 11.1. The van der Waals surface area contributed by atoms with Crippen molar-refractivity contribution >= 4 is 11.9 Å². The fourth-order valence-electron chi connectivity index (χ4n) is 4.92. The second-order valence-electron chi connectivity index (χ2n) is 8.94. The van der Waals surface area contributed by atoms with E-state index in [0.717, 1.165) is 32.5 Å². The molecule has 6 heteroatoms. The molecule has 1 N–H and O–H groups in total. The maximum absolute atomic E-state index is 12.4. The molecule has 0 aromatic heterocycles. The highest BCUT2D eigenvalue weighted by Gasteiger charge is 2.34. The number of alkyl carbamates (subject to hydrolysis) is 1. The van der Waals surface area contributed by atoms with Gasteiger partial charge in [-0.1, -0.05) is 11.6 Å². The van der Waals surface area contributed by atoms with Crippen molar-refractivity contribution in [2.75, 3.05) is 46.4 Å². The number of carbonyl (C=O) groups is 2. The van der Waals surface area contributed by atoms with Crippen LogP contribution in [0.1, 0.15) is 52.4 Å².